The first-order valence-electron chi connectivity index (χ1n) is 6.44. The van der Waals surface area contributed by atoms with Gasteiger partial charge in [-0.25, -0.2) is 4.79 Å². The molecule has 1 heterocycles. The van der Waals surface area contributed by atoms with E-state index < -0.39 is 6.03 Å². The molecule has 0 radical (unpaired) electrons. The Morgan fingerprint density at radius 3 is 2.70 bits per heavy atom. The molecule has 112 valence electrons. The van der Waals surface area contributed by atoms with Gasteiger partial charge >= 0.3 is 6.03 Å². The first-order valence-corrected chi connectivity index (χ1v) is 7.43. The number of rotatable bonds is 7. The molecule has 3 amide bonds. The third-order valence-corrected chi connectivity index (χ3v) is 3.38. The molecule has 1 aromatic heterocycles. The first kappa shape index (κ1) is 16.4. The van der Waals surface area contributed by atoms with Gasteiger partial charge in [0, 0.05) is 13.1 Å². The number of imide groups is 1. The van der Waals surface area contributed by atoms with Gasteiger partial charge in [0.1, 0.15) is 5.82 Å². The molecule has 20 heavy (non-hydrogen) atoms. The normalized spacial score (nSPS) is 10.3. The van der Waals surface area contributed by atoms with Crippen molar-refractivity contribution in [1.82, 2.24) is 25.4 Å². The highest BCUT2D eigenvalue weighted by Gasteiger charge is 2.13. The number of nitrogens with two attached hydrogens (primary N) is 1. The summed E-state index contributed by atoms with van der Waals surface area (Å²) in [5.41, 5.74) is 5.54. The minimum Gasteiger partial charge on any atom is -0.338 e. The Morgan fingerprint density at radius 2 is 2.10 bits per heavy atom. The van der Waals surface area contributed by atoms with Crippen molar-refractivity contribution in [1.29, 1.82) is 0 Å². The second-order valence-corrected chi connectivity index (χ2v) is 4.88. The Kier molecular flexibility index (Phi) is 7.02. The molecule has 0 aromatic carbocycles. The van der Waals surface area contributed by atoms with Gasteiger partial charge < -0.3 is 15.6 Å². The third-order valence-electron chi connectivity index (χ3n) is 2.41. The fourth-order valence-electron chi connectivity index (χ4n) is 1.47. The highest BCUT2D eigenvalue weighted by molar-refractivity contribution is 7.99. The summed E-state index contributed by atoms with van der Waals surface area (Å²) in [6, 6.07) is -0.475. The van der Waals surface area contributed by atoms with Gasteiger partial charge in [0.05, 0.1) is 12.3 Å². The van der Waals surface area contributed by atoms with Crippen molar-refractivity contribution < 1.29 is 9.59 Å². The molecule has 0 unspecified atom stereocenters. The molecule has 1 aromatic rings. The molecule has 8 nitrogen and oxygen atoms in total. The molecular weight excluding hydrogens is 280 g/mol. The quantitative estimate of drug-likeness (QED) is 0.615. The van der Waals surface area contributed by atoms with E-state index in [2.05, 4.69) is 20.8 Å². The van der Waals surface area contributed by atoms with Crippen LogP contribution in [0.15, 0.2) is 5.16 Å². The fourth-order valence-corrected chi connectivity index (χ4v) is 2.29. The van der Waals surface area contributed by atoms with Crippen molar-refractivity contribution in [2.45, 2.75) is 38.5 Å². The van der Waals surface area contributed by atoms with Crippen LogP contribution in [0.5, 0.6) is 0 Å². The predicted octanol–water partition coefficient (Wildman–Crippen LogP) is 0.0846. The Labute approximate surface area is 121 Å². The van der Waals surface area contributed by atoms with E-state index in [0.29, 0.717) is 30.6 Å². The smallest absolute Gasteiger partial charge is 0.321 e. The SMILES string of the molecule is CCCNC(=O)NC(=O)CSc1nnc(CN)n1CC. The topological polar surface area (TPSA) is 115 Å². The highest BCUT2D eigenvalue weighted by Crippen LogP contribution is 2.16. The summed E-state index contributed by atoms with van der Waals surface area (Å²) < 4.78 is 1.84. The van der Waals surface area contributed by atoms with Crippen LogP contribution in [-0.2, 0) is 17.9 Å². The maximum atomic E-state index is 11.6. The first-order chi connectivity index (χ1) is 9.62. The minimum absolute atomic E-state index is 0.0995. The largest absolute Gasteiger partial charge is 0.338 e. The van der Waals surface area contributed by atoms with Crippen LogP contribution >= 0.6 is 11.8 Å². The van der Waals surface area contributed by atoms with E-state index in [1.807, 2.05) is 18.4 Å². The molecule has 0 aliphatic heterocycles. The molecule has 9 heteroatoms. The molecule has 0 aliphatic rings. The van der Waals surface area contributed by atoms with E-state index in [9.17, 15) is 9.59 Å². The second-order valence-electron chi connectivity index (χ2n) is 3.94. The summed E-state index contributed by atoms with van der Waals surface area (Å²) >= 11 is 1.22. The minimum atomic E-state index is -0.475. The Morgan fingerprint density at radius 1 is 1.35 bits per heavy atom. The number of hydrogen-bond acceptors (Lipinski definition) is 6. The van der Waals surface area contributed by atoms with Crippen LogP contribution in [0.2, 0.25) is 0 Å². The Bertz CT molecular complexity index is 462. The molecule has 0 spiro atoms. The predicted molar refractivity (Wildman–Crippen MR) is 76.1 cm³/mol. The number of carbonyl (C=O) groups excluding carboxylic acids is 2. The van der Waals surface area contributed by atoms with Crippen LogP contribution in [0.3, 0.4) is 0 Å². The number of urea groups is 1. The summed E-state index contributed by atoms with van der Waals surface area (Å²) in [4.78, 5) is 22.9. The zero-order valence-corrected chi connectivity index (χ0v) is 12.5. The van der Waals surface area contributed by atoms with E-state index in [1.165, 1.54) is 11.8 Å². The molecule has 0 atom stereocenters. The maximum Gasteiger partial charge on any atom is 0.321 e. The summed E-state index contributed by atoms with van der Waals surface area (Å²) in [5, 5.41) is 13.4. The van der Waals surface area contributed by atoms with Gasteiger partial charge in [-0.2, -0.15) is 0 Å². The number of aromatic nitrogens is 3. The van der Waals surface area contributed by atoms with E-state index in [4.69, 9.17) is 5.73 Å². The summed E-state index contributed by atoms with van der Waals surface area (Å²) in [7, 11) is 0. The van der Waals surface area contributed by atoms with Crippen LogP contribution in [0.25, 0.3) is 0 Å². The molecule has 1 rings (SSSR count). The number of nitrogens with zero attached hydrogens (tertiary/aromatic N) is 3. The number of thioether (sulfide) groups is 1. The monoisotopic (exact) mass is 300 g/mol. The van der Waals surface area contributed by atoms with Gasteiger partial charge in [0.2, 0.25) is 5.91 Å². The average Bonchev–Trinajstić information content (AvgIpc) is 2.84. The summed E-state index contributed by atoms with van der Waals surface area (Å²) in [6.45, 7) is 5.40. The molecule has 0 saturated carbocycles. The standard InChI is InChI=1S/C11H20N6O2S/c1-3-5-13-10(19)14-9(18)7-20-11-16-15-8(6-12)17(11)4-2/h3-7,12H2,1-2H3,(H2,13,14,18,19). The van der Waals surface area contributed by atoms with E-state index in [0.717, 1.165) is 6.42 Å². The summed E-state index contributed by atoms with van der Waals surface area (Å²) in [5.74, 6) is 0.405. The van der Waals surface area contributed by atoms with E-state index in [1.54, 1.807) is 0 Å². The lowest BCUT2D eigenvalue weighted by Gasteiger charge is -2.06. The van der Waals surface area contributed by atoms with Crippen LogP contribution < -0.4 is 16.4 Å². The van der Waals surface area contributed by atoms with Crippen molar-refractivity contribution in [3.05, 3.63) is 5.82 Å². The number of nitrogens with one attached hydrogen (secondary N) is 2. The Hall–Kier alpha value is -1.61. The average molecular weight is 300 g/mol. The third kappa shape index (κ3) is 4.82. The lowest BCUT2D eigenvalue weighted by Crippen LogP contribution is -2.40. The van der Waals surface area contributed by atoms with Crippen LogP contribution in [0.4, 0.5) is 4.79 Å². The highest BCUT2D eigenvalue weighted by atomic mass is 32.2. The second kappa shape index (κ2) is 8.54. The summed E-state index contributed by atoms with van der Waals surface area (Å²) in [6.07, 6.45) is 0.817. The number of amides is 3. The molecule has 0 fully saturated rings. The van der Waals surface area contributed by atoms with Crippen molar-refractivity contribution in [3.63, 3.8) is 0 Å². The van der Waals surface area contributed by atoms with Gasteiger partial charge in [-0.05, 0) is 13.3 Å². The van der Waals surface area contributed by atoms with Gasteiger partial charge in [0.25, 0.3) is 0 Å². The van der Waals surface area contributed by atoms with Gasteiger partial charge in [0.15, 0.2) is 5.16 Å². The van der Waals surface area contributed by atoms with Crippen LogP contribution in [0, 0.1) is 0 Å². The molecular formula is C11H20N6O2S. The van der Waals surface area contributed by atoms with Gasteiger partial charge in [-0.15, -0.1) is 10.2 Å². The lowest BCUT2D eigenvalue weighted by atomic mass is 10.5. The lowest BCUT2D eigenvalue weighted by molar-refractivity contribution is -0.117. The molecule has 0 bridgehead atoms. The fraction of sp³-hybridized carbons (Fsp3) is 0.636. The van der Waals surface area contributed by atoms with Crippen LogP contribution in [0.1, 0.15) is 26.1 Å². The zero-order chi connectivity index (χ0) is 15.0. The van der Waals surface area contributed by atoms with Crippen LogP contribution in [-0.4, -0.2) is 39.0 Å². The van der Waals surface area contributed by atoms with Crippen molar-refractivity contribution in [2.24, 2.45) is 5.73 Å². The maximum absolute atomic E-state index is 11.6. The number of hydrogen-bond donors (Lipinski definition) is 3. The van der Waals surface area contributed by atoms with Crippen molar-refractivity contribution in [2.75, 3.05) is 12.3 Å². The van der Waals surface area contributed by atoms with E-state index >= 15 is 0 Å². The Balaban J connectivity index is 2.45. The molecule has 4 N–H and O–H groups in total. The van der Waals surface area contributed by atoms with Gasteiger partial charge in [-0.1, -0.05) is 18.7 Å². The van der Waals surface area contributed by atoms with E-state index in [-0.39, 0.29) is 11.7 Å². The number of carbonyl (C=O) groups is 2. The van der Waals surface area contributed by atoms with Crippen molar-refractivity contribution >= 4 is 23.7 Å². The molecule has 0 aliphatic carbocycles. The van der Waals surface area contributed by atoms with Gasteiger partial charge in [-0.3, -0.25) is 10.1 Å². The molecule has 0 saturated heterocycles. The zero-order valence-electron chi connectivity index (χ0n) is 11.7. The van der Waals surface area contributed by atoms with Crippen molar-refractivity contribution in [3.8, 4) is 0 Å².